The molecular weight excluding hydrogens is 324 g/mol. The highest BCUT2D eigenvalue weighted by molar-refractivity contribution is 9.09. The summed E-state index contributed by atoms with van der Waals surface area (Å²) >= 11 is 3.43. The molecule has 0 N–H and O–H groups in total. The maximum Gasteiger partial charge on any atom is 0.178 e. The molecule has 2 nitrogen and oxygen atoms in total. The number of hydrogen-bond acceptors (Lipinski definition) is 2. The SMILES string of the molecule is CC(C)(C)c1ccc(S(=O)(=O)CC2(CBr)CC2)cc1. The molecule has 2 rings (SSSR count). The van der Waals surface area contributed by atoms with Crippen molar-refractivity contribution in [2.75, 3.05) is 11.1 Å². The van der Waals surface area contributed by atoms with Crippen LogP contribution >= 0.6 is 15.9 Å². The quantitative estimate of drug-likeness (QED) is 0.775. The molecule has 0 radical (unpaired) electrons. The van der Waals surface area contributed by atoms with Crippen molar-refractivity contribution in [1.82, 2.24) is 0 Å². The second kappa shape index (κ2) is 4.88. The van der Waals surface area contributed by atoms with Crippen LogP contribution in [0.4, 0.5) is 0 Å². The molecule has 1 saturated carbocycles. The number of halogens is 1. The lowest BCUT2D eigenvalue weighted by atomic mass is 9.87. The zero-order valence-electron chi connectivity index (χ0n) is 11.7. The first kappa shape index (κ1) is 15.0. The van der Waals surface area contributed by atoms with Gasteiger partial charge in [-0.25, -0.2) is 8.42 Å². The van der Waals surface area contributed by atoms with Gasteiger partial charge in [0.1, 0.15) is 0 Å². The molecular formula is C15H21BrO2S. The molecule has 1 aliphatic rings. The molecule has 0 atom stereocenters. The van der Waals surface area contributed by atoms with Crippen LogP contribution in [-0.2, 0) is 15.3 Å². The molecule has 0 heterocycles. The molecule has 106 valence electrons. The molecule has 1 aromatic carbocycles. The molecule has 1 aromatic rings. The van der Waals surface area contributed by atoms with Crippen molar-refractivity contribution < 1.29 is 8.42 Å². The Bertz CT molecular complexity index is 549. The van der Waals surface area contributed by atoms with E-state index in [4.69, 9.17) is 0 Å². The molecule has 0 amide bonds. The Balaban J connectivity index is 2.22. The van der Waals surface area contributed by atoms with Crippen LogP contribution in [0.5, 0.6) is 0 Å². The third kappa shape index (κ3) is 3.40. The van der Waals surface area contributed by atoms with Gasteiger partial charge in [-0.1, -0.05) is 48.8 Å². The van der Waals surface area contributed by atoms with E-state index in [0.717, 1.165) is 23.7 Å². The van der Waals surface area contributed by atoms with Crippen molar-refractivity contribution in [3.63, 3.8) is 0 Å². The van der Waals surface area contributed by atoms with Crippen LogP contribution < -0.4 is 0 Å². The van der Waals surface area contributed by atoms with Gasteiger partial charge in [0.25, 0.3) is 0 Å². The Hall–Kier alpha value is -0.350. The zero-order chi connectivity index (χ0) is 14.3. The molecule has 19 heavy (non-hydrogen) atoms. The summed E-state index contributed by atoms with van der Waals surface area (Å²) < 4.78 is 24.8. The van der Waals surface area contributed by atoms with Crippen molar-refractivity contribution in [2.45, 2.75) is 43.9 Å². The van der Waals surface area contributed by atoms with E-state index in [1.807, 2.05) is 12.1 Å². The van der Waals surface area contributed by atoms with Gasteiger partial charge in [0.05, 0.1) is 10.6 Å². The van der Waals surface area contributed by atoms with Crippen LogP contribution in [0.1, 0.15) is 39.2 Å². The van der Waals surface area contributed by atoms with Crippen molar-refractivity contribution in [2.24, 2.45) is 5.41 Å². The van der Waals surface area contributed by atoms with Gasteiger partial charge in [-0.15, -0.1) is 0 Å². The Morgan fingerprint density at radius 3 is 2.05 bits per heavy atom. The minimum absolute atomic E-state index is 0.0124. The van der Waals surface area contributed by atoms with Gasteiger partial charge in [-0.05, 0) is 41.4 Å². The van der Waals surface area contributed by atoms with Gasteiger partial charge < -0.3 is 0 Å². The van der Waals surface area contributed by atoms with Crippen LogP contribution in [0.15, 0.2) is 29.2 Å². The topological polar surface area (TPSA) is 34.1 Å². The lowest BCUT2D eigenvalue weighted by Crippen LogP contribution is -2.19. The maximum atomic E-state index is 12.4. The summed E-state index contributed by atoms with van der Waals surface area (Å²) in [5.74, 6) is 0.264. The molecule has 0 aromatic heterocycles. The van der Waals surface area contributed by atoms with Gasteiger partial charge in [-0.3, -0.25) is 0 Å². The van der Waals surface area contributed by atoms with E-state index in [2.05, 4.69) is 36.7 Å². The van der Waals surface area contributed by atoms with Gasteiger partial charge in [0, 0.05) is 5.33 Å². The molecule has 1 fully saturated rings. The normalized spacial score (nSPS) is 18.3. The lowest BCUT2D eigenvalue weighted by Gasteiger charge is -2.19. The monoisotopic (exact) mass is 344 g/mol. The number of alkyl halides is 1. The zero-order valence-corrected chi connectivity index (χ0v) is 14.1. The average molecular weight is 345 g/mol. The molecule has 4 heteroatoms. The third-order valence-corrected chi connectivity index (χ3v) is 6.99. The van der Waals surface area contributed by atoms with E-state index in [1.54, 1.807) is 12.1 Å². The number of benzene rings is 1. The number of sulfone groups is 1. The predicted octanol–water partition coefficient (Wildman–Crippen LogP) is 3.93. The van der Waals surface area contributed by atoms with Gasteiger partial charge >= 0.3 is 0 Å². The maximum absolute atomic E-state index is 12.4. The summed E-state index contributed by atoms with van der Waals surface area (Å²) in [5.41, 5.74) is 1.20. The Morgan fingerprint density at radius 1 is 1.16 bits per heavy atom. The van der Waals surface area contributed by atoms with Crippen LogP contribution in [0.2, 0.25) is 0 Å². The number of hydrogen-bond donors (Lipinski definition) is 0. The first-order valence-electron chi connectivity index (χ1n) is 6.58. The van der Waals surface area contributed by atoms with Crippen molar-refractivity contribution >= 4 is 25.8 Å². The predicted molar refractivity (Wildman–Crippen MR) is 82.7 cm³/mol. The van der Waals surface area contributed by atoms with E-state index >= 15 is 0 Å². The second-order valence-corrected chi connectivity index (χ2v) is 9.22. The molecule has 0 unspecified atom stereocenters. The molecule has 0 saturated heterocycles. The second-order valence-electron chi connectivity index (χ2n) is 6.67. The molecule has 1 aliphatic carbocycles. The minimum atomic E-state index is -3.16. The third-order valence-electron chi connectivity index (χ3n) is 3.82. The fourth-order valence-electron chi connectivity index (χ4n) is 2.14. The standard InChI is InChI=1S/C15H21BrO2S/c1-14(2,3)12-4-6-13(7-5-12)19(17,18)11-15(10-16)8-9-15/h4-7H,8-11H2,1-3H3. The summed E-state index contributed by atoms with van der Waals surface area (Å²) in [4.78, 5) is 0.452. The summed E-state index contributed by atoms with van der Waals surface area (Å²) in [6.07, 6.45) is 2.02. The first-order chi connectivity index (χ1) is 8.69. The first-order valence-corrected chi connectivity index (χ1v) is 9.35. The highest BCUT2D eigenvalue weighted by Crippen LogP contribution is 2.48. The van der Waals surface area contributed by atoms with E-state index in [0.29, 0.717) is 4.90 Å². The summed E-state index contributed by atoms with van der Waals surface area (Å²) in [7, 11) is -3.16. The van der Waals surface area contributed by atoms with Gasteiger partial charge in [0.15, 0.2) is 9.84 Å². The fourth-order valence-corrected chi connectivity index (χ4v) is 5.08. The molecule has 0 bridgehead atoms. The van der Waals surface area contributed by atoms with Crippen LogP contribution in [0, 0.1) is 5.41 Å². The smallest absolute Gasteiger partial charge is 0.178 e. The largest absolute Gasteiger partial charge is 0.224 e. The lowest BCUT2D eigenvalue weighted by molar-refractivity contribution is 0.570. The average Bonchev–Trinajstić information content (AvgIpc) is 3.08. The van der Waals surface area contributed by atoms with E-state index < -0.39 is 9.84 Å². The van der Waals surface area contributed by atoms with Crippen LogP contribution in [0.25, 0.3) is 0 Å². The summed E-state index contributed by atoms with van der Waals surface area (Å²) in [5, 5.41) is 0.777. The fraction of sp³-hybridized carbons (Fsp3) is 0.600. The Morgan fingerprint density at radius 2 is 1.68 bits per heavy atom. The molecule has 0 aliphatic heterocycles. The van der Waals surface area contributed by atoms with E-state index in [9.17, 15) is 8.42 Å². The molecule has 0 spiro atoms. The van der Waals surface area contributed by atoms with Crippen molar-refractivity contribution in [1.29, 1.82) is 0 Å². The number of rotatable bonds is 4. The summed E-state index contributed by atoms with van der Waals surface area (Å²) in [6.45, 7) is 6.38. The Labute approximate surface area is 124 Å². The Kier molecular flexibility index (Phi) is 3.87. The minimum Gasteiger partial charge on any atom is -0.224 e. The van der Waals surface area contributed by atoms with Crippen LogP contribution in [0.3, 0.4) is 0 Å². The highest BCUT2D eigenvalue weighted by atomic mass is 79.9. The van der Waals surface area contributed by atoms with E-state index in [-0.39, 0.29) is 16.6 Å². The van der Waals surface area contributed by atoms with Gasteiger partial charge in [-0.2, -0.15) is 0 Å². The van der Waals surface area contributed by atoms with Crippen molar-refractivity contribution in [3.8, 4) is 0 Å². The van der Waals surface area contributed by atoms with E-state index in [1.165, 1.54) is 0 Å². The van der Waals surface area contributed by atoms with Gasteiger partial charge in [0.2, 0.25) is 0 Å². The van der Waals surface area contributed by atoms with Crippen molar-refractivity contribution in [3.05, 3.63) is 29.8 Å². The highest BCUT2D eigenvalue weighted by Gasteiger charge is 2.45. The van der Waals surface area contributed by atoms with Crippen LogP contribution in [-0.4, -0.2) is 19.5 Å². The summed E-state index contributed by atoms with van der Waals surface area (Å²) in [6, 6.07) is 7.36.